The van der Waals surface area contributed by atoms with Gasteiger partial charge in [0.15, 0.2) is 0 Å². The molecule has 0 amide bonds. The highest BCUT2D eigenvalue weighted by atomic mass is 14.6. The van der Waals surface area contributed by atoms with Crippen molar-refractivity contribution in [3.05, 3.63) is 0 Å². The van der Waals surface area contributed by atoms with Crippen molar-refractivity contribution in [2.24, 2.45) is 17.1 Å². The summed E-state index contributed by atoms with van der Waals surface area (Å²) in [6, 6.07) is 0.504. The quantitative estimate of drug-likeness (QED) is 0.610. The average Bonchev–Trinajstić information content (AvgIpc) is 2.67. The molecule has 0 radical (unpaired) electrons. The van der Waals surface area contributed by atoms with Crippen molar-refractivity contribution in [2.75, 3.05) is 0 Å². The molecular weight excluding hydrogens is 158 g/mol. The van der Waals surface area contributed by atoms with Gasteiger partial charge in [-0.2, -0.15) is 0 Å². The van der Waals surface area contributed by atoms with E-state index in [1.165, 1.54) is 51.4 Å². The molecule has 76 valence electrons. The summed E-state index contributed by atoms with van der Waals surface area (Å²) in [7, 11) is 0. The summed E-state index contributed by atoms with van der Waals surface area (Å²) in [6.45, 7) is 2.43. The van der Waals surface area contributed by atoms with Gasteiger partial charge < -0.3 is 5.73 Å². The van der Waals surface area contributed by atoms with E-state index >= 15 is 0 Å². The average molecular weight is 181 g/mol. The Labute approximate surface area is 82.1 Å². The standard InChI is InChI=1S/C12H23N/c1-10-9-12(10)7-3-2-5-11(13)6-4-8-12/h10-11H,2-9,13H2,1H3. The van der Waals surface area contributed by atoms with Gasteiger partial charge in [-0.1, -0.05) is 26.2 Å². The van der Waals surface area contributed by atoms with Crippen LogP contribution in [-0.4, -0.2) is 6.04 Å². The van der Waals surface area contributed by atoms with Crippen LogP contribution in [-0.2, 0) is 0 Å². The van der Waals surface area contributed by atoms with Crippen molar-refractivity contribution in [1.29, 1.82) is 0 Å². The molecule has 0 aromatic rings. The maximum Gasteiger partial charge on any atom is 0.00388 e. The van der Waals surface area contributed by atoms with E-state index in [1.54, 1.807) is 0 Å². The highest BCUT2D eigenvalue weighted by Gasteiger charge is 2.49. The Morgan fingerprint density at radius 3 is 2.38 bits per heavy atom. The van der Waals surface area contributed by atoms with Crippen LogP contribution in [0.1, 0.15) is 58.3 Å². The molecule has 2 rings (SSSR count). The van der Waals surface area contributed by atoms with Gasteiger partial charge in [0.2, 0.25) is 0 Å². The van der Waals surface area contributed by atoms with Gasteiger partial charge in [-0.3, -0.25) is 0 Å². The molecular formula is C12H23N. The van der Waals surface area contributed by atoms with Gasteiger partial charge in [0, 0.05) is 6.04 Å². The van der Waals surface area contributed by atoms with E-state index in [1.807, 2.05) is 0 Å². The molecule has 1 heteroatoms. The molecule has 2 saturated carbocycles. The van der Waals surface area contributed by atoms with Crippen molar-refractivity contribution in [3.8, 4) is 0 Å². The van der Waals surface area contributed by atoms with Crippen LogP contribution in [0.3, 0.4) is 0 Å². The lowest BCUT2D eigenvalue weighted by Gasteiger charge is -2.14. The molecule has 13 heavy (non-hydrogen) atoms. The summed E-state index contributed by atoms with van der Waals surface area (Å²) in [5.41, 5.74) is 6.80. The molecule has 0 aliphatic heterocycles. The minimum absolute atomic E-state index is 0.504. The highest BCUT2D eigenvalue weighted by Crippen LogP contribution is 2.59. The zero-order valence-electron chi connectivity index (χ0n) is 8.89. The van der Waals surface area contributed by atoms with Crippen LogP contribution in [0, 0.1) is 11.3 Å². The van der Waals surface area contributed by atoms with Crippen LogP contribution in [0.2, 0.25) is 0 Å². The van der Waals surface area contributed by atoms with Gasteiger partial charge in [-0.15, -0.1) is 0 Å². The summed E-state index contributed by atoms with van der Waals surface area (Å²) in [5, 5.41) is 0. The Bertz CT molecular complexity index is 176. The van der Waals surface area contributed by atoms with E-state index in [2.05, 4.69) is 6.92 Å². The fourth-order valence-electron chi connectivity index (χ4n) is 3.12. The third-order valence-electron chi connectivity index (χ3n) is 4.35. The fraction of sp³-hybridized carbons (Fsp3) is 1.00. The normalized spacial score (nSPS) is 46.6. The first-order valence-electron chi connectivity index (χ1n) is 5.98. The molecule has 1 spiro atoms. The lowest BCUT2D eigenvalue weighted by Crippen LogP contribution is -2.19. The van der Waals surface area contributed by atoms with Crippen molar-refractivity contribution < 1.29 is 0 Å². The monoisotopic (exact) mass is 181 g/mol. The molecule has 2 aliphatic rings. The van der Waals surface area contributed by atoms with Gasteiger partial charge >= 0.3 is 0 Å². The highest BCUT2D eigenvalue weighted by molar-refractivity contribution is 4.99. The topological polar surface area (TPSA) is 26.0 Å². The second kappa shape index (κ2) is 3.61. The van der Waals surface area contributed by atoms with Gasteiger partial charge in [-0.05, 0) is 43.4 Å². The van der Waals surface area contributed by atoms with Crippen LogP contribution in [0.5, 0.6) is 0 Å². The molecule has 0 heterocycles. The van der Waals surface area contributed by atoms with Crippen molar-refractivity contribution in [1.82, 2.24) is 0 Å². The zero-order valence-corrected chi connectivity index (χ0v) is 8.89. The van der Waals surface area contributed by atoms with Crippen molar-refractivity contribution in [3.63, 3.8) is 0 Å². The second-order valence-electron chi connectivity index (χ2n) is 5.37. The zero-order chi connectivity index (χ0) is 9.31. The van der Waals surface area contributed by atoms with Crippen LogP contribution < -0.4 is 5.73 Å². The van der Waals surface area contributed by atoms with Gasteiger partial charge in [-0.25, -0.2) is 0 Å². The Morgan fingerprint density at radius 1 is 1.08 bits per heavy atom. The van der Waals surface area contributed by atoms with Crippen LogP contribution in [0.15, 0.2) is 0 Å². The minimum Gasteiger partial charge on any atom is -0.328 e. The molecule has 0 bridgehead atoms. The first-order chi connectivity index (χ1) is 6.23. The van der Waals surface area contributed by atoms with E-state index in [0.717, 1.165) is 11.3 Å². The van der Waals surface area contributed by atoms with Gasteiger partial charge in [0.1, 0.15) is 0 Å². The predicted octanol–water partition coefficient (Wildman–Crippen LogP) is 3.08. The summed E-state index contributed by atoms with van der Waals surface area (Å²) in [5.74, 6) is 1.02. The first kappa shape index (κ1) is 9.51. The Hall–Kier alpha value is -0.0400. The van der Waals surface area contributed by atoms with Crippen molar-refractivity contribution in [2.45, 2.75) is 64.3 Å². The van der Waals surface area contributed by atoms with Crippen LogP contribution in [0.25, 0.3) is 0 Å². The van der Waals surface area contributed by atoms with E-state index in [9.17, 15) is 0 Å². The third kappa shape index (κ3) is 2.07. The maximum atomic E-state index is 6.02. The Morgan fingerprint density at radius 2 is 1.69 bits per heavy atom. The largest absolute Gasteiger partial charge is 0.328 e. The van der Waals surface area contributed by atoms with Crippen molar-refractivity contribution >= 4 is 0 Å². The van der Waals surface area contributed by atoms with E-state index in [4.69, 9.17) is 5.73 Å². The molecule has 2 fully saturated rings. The Balaban J connectivity index is 1.88. The van der Waals surface area contributed by atoms with E-state index < -0.39 is 0 Å². The molecule has 3 unspecified atom stereocenters. The summed E-state index contributed by atoms with van der Waals surface area (Å²) in [6.07, 6.45) is 11.2. The minimum atomic E-state index is 0.504. The van der Waals surface area contributed by atoms with E-state index in [-0.39, 0.29) is 0 Å². The molecule has 3 atom stereocenters. The summed E-state index contributed by atoms with van der Waals surface area (Å²) < 4.78 is 0. The maximum absolute atomic E-state index is 6.02. The van der Waals surface area contributed by atoms with Gasteiger partial charge in [0.25, 0.3) is 0 Å². The molecule has 0 aromatic heterocycles. The Kier molecular flexibility index (Phi) is 2.64. The number of hydrogen-bond acceptors (Lipinski definition) is 1. The number of rotatable bonds is 0. The van der Waals surface area contributed by atoms with Crippen LogP contribution >= 0.6 is 0 Å². The van der Waals surface area contributed by atoms with Crippen LogP contribution in [0.4, 0.5) is 0 Å². The smallest absolute Gasteiger partial charge is 0.00388 e. The molecule has 0 saturated heterocycles. The molecule has 2 aliphatic carbocycles. The lowest BCUT2D eigenvalue weighted by molar-refractivity contribution is 0.374. The molecule has 0 aromatic carbocycles. The lowest BCUT2D eigenvalue weighted by atomic mass is 9.91. The molecule has 2 N–H and O–H groups in total. The number of nitrogens with two attached hydrogens (primary N) is 1. The van der Waals surface area contributed by atoms with Gasteiger partial charge in [0.05, 0.1) is 0 Å². The third-order valence-corrected chi connectivity index (χ3v) is 4.35. The molecule has 1 nitrogen and oxygen atoms in total. The van der Waals surface area contributed by atoms with E-state index in [0.29, 0.717) is 6.04 Å². The fourth-order valence-corrected chi connectivity index (χ4v) is 3.12. The number of hydrogen-bond donors (Lipinski definition) is 1. The second-order valence-corrected chi connectivity index (χ2v) is 5.37. The SMILES string of the molecule is CC1CC12CCCCC(N)CCC2. The summed E-state index contributed by atoms with van der Waals surface area (Å²) in [4.78, 5) is 0. The first-order valence-corrected chi connectivity index (χ1v) is 5.98. The summed E-state index contributed by atoms with van der Waals surface area (Å²) >= 11 is 0. The predicted molar refractivity (Wildman–Crippen MR) is 56.5 cm³/mol.